The number of rotatable bonds is 10. The molecule has 1 aliphatic carbocycles. The van der Waals surface area contributed by atoms with Crippen molar-refractivity contribution in [3.63, 3.8) is 0 Å². The molecule has 4 N–H and O–H groups in total. The van der Waals surface area contributed by atoms with E-state index in [-0.39, 0.29) is 55.1 Å². The second kappa shape index (κ2) is 15.1. The van der Waals surface area contributed by atoms with Crippen LogP contribution in [0.2, 0.25) is 0 Å². The number of nitrogens with zero attached hydrogens (tertiary/aromatic N) is 1. The highest BCUT2D eigenvalue weighted by molar-refractivity contribution is 5.92. The molecule has 1 saturated carbocycles. The molecule has 2 aromatic rings. The van der Waals surface area contributed by atoms with Crippen molar-refractivity contribution in [3.8, 4) is 0 Å². The van der Waals surface area contributed by atoms with Crippen LogP contribution in [0.1, 0.15) is 108 Å². The van der Waals surface area contributed by atoms with Gasteiger partial charge in [-0.05, 0) is 75.6 Å². The van der Waals surface area contributed by atoms with Crippen LogP contribution in [0, 0.1) is 5.92 Å². The first kappa shape index (κ1) is 34.0. The van der Waals surface area contributed by atoms with Crippen LogP contribution in [-0.4, -0.2) is 63.2 Å². The van der Waals surface area contributed by atoms with Gasteiger partial charge in [0.05, 0.1) is 31.3 Å². The normalized spacial score (nSPS) is 27.0. The van der Waals surface area contributed by atoms with Crippen molar-refractivity contribution in [2.45, 2.75) is 121 Å². The number of aliphatic carboxylic acids is 1. The second-order valence-electron chi connectivity index (χ2n) is 14.1. The second-order valence-corrected chi connectivity index (χ2v) is 14.1. The minimum Gasteiger partial charge on any atom is -0.481 e. The van der Waals surface area contributed by atoms with E-state index < -0.39 is 12.3 Å². The molecule has 0 spiro atoms. The predicted molar refractivity (Wildman–Crippen MR) is 174 cm³/mol. The van der Waals surface area contributed by atoms with E-state index in [2.05, 4.69) is 15.5 Å². The van der Waals surface area contributed by atoms with Gasteiger partial charge in [-0.2, -0.15) is 0 Å². The number of ether oxygens (including phenoxy) is 2. The van der Waals surface area contributed by atoms with E-state index in [4.69, 9.17) is 14.6 Å². The number of carbonyl (C=O) groups excluding carboxylic acids is 2. The van der Waals surface area contributed by atoms with Crippen LogP contribution in [0.5, 0.6) is 0 Å². The number of nitrogens with one attached hydrogen (secondary N) is 2. The van der Waals surface area contributed by atoms with Crippen LogP contribution in [0.25, 0.3) is 0 Å². The van der Waals surface area contributed by atoms with Gasteiger partial charge in [-0.3, -0.25) is 19.3 Å². The average Bonchev–Trinajstić information content (AvgIpc) is 3.03. The lowest BCUT2D eigenvalue weighted by atomic mass is 9.75. The maximum atomic E-state index is 13.7. The summed E-state index contributed by atoms with van der Waals surface area (Å²) in [5.41, 5.74) is 2.73. The number of aliphatic hydroxyl groups is 1. The van der Waals surface area contributed by atoms with Gasteiger partial charge in [0, 0.05) is 42.2 Å². The molecule has 250 valence electrons. The molecule has 0 radical (unpaired) electrons. The van der Waals surface area contributed by atoms with E-state index in [1.165, 1.54) is 12.8 Å². The number of benzene rings is 2. The summed E-state index contributed by atoms with van der Waals surface area (Å²) in [6.45, 7) is 6.61. The molecule has 3 fully saturated rings. The molecule has 0 aromatic heterocycles. The summed E-state index contributed by atoms with van der Waals surface area (Å²) in [5.74, 6) is -0.756. The molecule has 6 unspecified atom stereocenters. The number of fused-ring (bicyclic) bond motifs is 1. The molecular formula is C36H49N3O7. The molecule has 3 aliphatic rings. The fraction of sp³-hybridized carbons (Fsp3) is 0.583. The van der Waals surface area contributed by atoms with Crippen molar-refractivity contribution in [1.29, 1.82) is 0 Å². The van der Waals surface area contributed by atoms with Gasteiger partial charge >= 0.3 is 5.97 Å². The molecule has 5 rings (SSSR count). The monoisotopic (exact) mass is 635 g/mol. The zero-order valence-electron chi connectivity index (χ0n) is 27.2. The summed E-state index contributed by atoms with van der Waals surface area (Å²) in [6.07, 6.45) is 5.53. The SMILES string of the molecule is CC(C)(C)NC(=O)C1CCC2CCCCC2N1CC1CC(c2ccc(CO)cc2)OC(c2cccc(NC(=O)CCC(=O)O)c2)O1. The maximum absolute atomic E-state index is 13.7. The highest BCUT2D eigenvalue weighted by Gasteiger charge is 2.44. The zero-order valence-corrected chi connectivity index (χ0v) is 27.2. The largest absolute Gasteiger partial charge is 0.481 e. The third-order valence-corrected chi connectivity index (χ3v) is 9.34. The number of amides is 2. The van der Waals surface area contributed by atoms with E-state index in [0.717, 1.165) is 42.4 Å². The van der Waals surface area contributed by atoms with Crippen molar-refractivity contribution in [3.05, 3.63) is 65.2 Å². The van der Waals surface area contributed by atoms with Gasteiger partial charge in [-0.15, -0.1) is 0 Å². The van der Waals surface area contributed by atoms with Crippen LogP contribution < -0.4 is 10.6 Å². The van der Waals surface area contributed by atoms with Crippen LogP contribution >= 0.6 is 0 Å². The summed E-state index contributed by atoms with van der Waals surface area (Å²) < 4.78 is 13.3. The van der Waals surface area contributed by atoms with E-state index >= 15 is 0 Å². The summed E-state index contributed by atoms with van der Waals surface area (Å²) in [7, 11) is 0. The topological polar surface area (TPSA) is 137 Å². The Labute approximate surface area is 271 Å². The molecule has 2 saturated heterocycles. The smallest absolute Gasteiger partial charge is 0.303 e. The Hall–Kier alpha value is -3.31. The minimum absolute atomic E-state index is 0.0410. The Kier molecular flexibility index (Phi) is 11.1. The molecule has 10 heteroatoms. The summed E-state index contributed by atoms with van der Waals surface area (Å²) in [4.78, 5) is 39.4. The zero-order chi connectivity index (χ0) is 32.8. The number of hydrogen-bond acceptors (Lipinski definition) is 7. The molecule has 2 aliphatic heterocycles. The maximum Gasteiger partial charge on any atom is 0.303 e. The van der Waals surface area contributed by atoms with Gasteiger partial charge in [0.1, 0.15) is 0 Å². The number of aliphatic hydroxyl groups excluding tert-OH is 1. The van der Waals surface area contributed by atoms with E-state index in [1.807, 2.05) is 57.2 Å². The third kappa shape index (κ3) is 8.94. The molecule has 46 heavy (non-hydrogen) atoms. The minimum atomic E-state index is -1.02. The molecule has 2 aromatic carbocycles. The summed E-state index contributed by atoms with van der Waals surface area (Å²) >= 11 is 0. The van der Waals surface area contributed by atoms with Gasteiger partial charge in [0.25, 0.3) is 0 Å². The lowest BCUT2D eigenvalue weighted by molar-refractivity contribution is -0.255. The van der Waals surface area contributed by atoms with Crippen molar-refractivity contribution in [2.24, 2.45) is 5.92 Å². The van der Waals surface area contributed by atoms with Gasteiger partial charge in [0.2, 0.25) is 11.8 Å². The van der Waals surface area contributed by atoms with E-state index in [1.54, 1.807) is 12.1 Å². The number of hydrogen-bond donors (Lipinski definition) is 4. The number of anilines is 1. The Morgan fingerprint density at radius 2 is 1.70 bits per heavy atom. The van der Waals surface area contributed by atoms with Gasteiger partial charge in [0.15, 0.2) is 6.29 Å². The Morgan fingerprint density at radius 1 is 0.935 bits per heavy atom. The predicted octanol–water partition coefficient (Wildman–Crippen LogP) is 5.47. The van der Waals surface area contributed by atoms with E-state index in [0.29, 0.717) is 30.6 Å². The summed E-state index contributed by atoms with van der Waals surface area (Å²) in [5, 5.41) is 24.6. The van der Waals surface area contributed by atoms with Crippen LogP contribution in [0.15, 0.2) is 48.5 Å². The Bertz CT molecular complexity index is 1360. The lowest BCUT2D eigenvalue weighted by Gasteiger charge is -2.50. The fourth-order valence-corrected chi connectivity index (χ4v) is 7.20. The van der Waals surface area contributed by atoms with Gasteiger partial charge in [-0.1, -0.05) is 49.2 Å². The average molecular weight is 636 g/mol. The Morgan fingerprint density at radius 3 is 2.41 bits per heavy atom. The first-order valence-electron chi connectivity index (χ1n) is 16.7. The first-order chi connectivity index (χ1) is 22.0. The number of likely N-dealkylation sites (tertiary alicyclic amines) is 1. The fourth-order valence-electron chi connectivity index (χ4n) is 7.20. The van der Waals surface area contributed by atoms with Gasteiger partial charge < -0.3 is 30.3 Å². The Balaban J connectivity index is 1.41. The lowest BCUT2D eigenvalue weighted by Crippen LogP contribution is -2.61. The molecule has 6 atom stereocenters. The quantitative estimate of drug-likeness (QED) is 0.270. The number of carboxylic acids is 1. The molecule has 2 amide bonds. The molecular weight excluding hydrogens is 586 g/mol. The van der Waals surface area contributed by atoms with Crippen molar-refractivity contribution in [2.75, 3.05) is 11.9 Å². The van der Waals surface area contributed by atoms with Crippen LogP contribution in [0.4, 0.5) is 5.69 Å². The standard InChI is InChI=1S/C36H49N3O7/c1-36(2,3)38-34(44)30-16-15-24-7-4-5-10-29(24)39(30)21-28-20-31(25-13-11-23(22-40)12-14-25)46-35(45-28)26-8-6-9-27(19-26)37-32(41)17-18-33(42)43/h6,8-9,11-14,19,24,28-31,35,40H,4-5,7,10,15-18,20-22H2,1-3H3,(H,37,41)(H,38,44)(H,42,43). The molecule has 2 heterocycles. The first-order valence-corrected chi connectivity index (χ1v) is 16.7. The summed E-state index contributed by atoms with van der Waals surface area (Å²) in [6, 6.07) is 15.1. The van der Waals surface area contributed by atoms with Crippen molar-refractivity contribution in [1.82, 2.24) is 10.2 Å². The number of carbonyl (C=O) groups is 3. The van der Waals surface area contributed by atoms with Crippen molar-refractivity contribution >= 4 is 23.5 Å². The number of piperidine rings is 1. The van der Waals surface area contributed by atoms with Gasteiger partial charge in [-0.25, -0.2) is 0 Å². The van der Waals surface area contributed by atoms with E-state index in [9.17, 15) is 19.5 Å². The third-order valence-electron chi connectivity index (χ3n) is 9.34. The molecule has 10 nitrogen and oxygen atoms in total. The highest BCUT2D eigenvalue weighted by atomic mass is 16.7. The molecule has 0 bridgehead atoms. The number of carboxylic acid groups (broad SMARTS) is 1. The van der Waals surface area contributed by atoms with Crippen molar-refractivity contribution < 1.29 is 34.1 Å². The highest BCUT2D eigenvalue weighted by Crippen LogP contribution is 2.42. The van der Waals surface area contributed by atoms with Crippen LogP contribution in [-0.2, 0) is 30.5 Å². The van der Waals surface area contributed by atoms with Crippen LogP contribution in [0.3, 0.4) is 0 Å².